The van der Waals surface area contributed by atoms with Crippen LogP contribution in [0.15, 0.2) is 54.1 Å². The predicted molar refractivity (Wildman–Crippen MR) is 77.2 cm³/mol. The minimum Gasteiger partial charge on any atom is -0.497 e. The highest BCUT2D eigenvalue weighted by Gasteiger charge is 1.95. The maximum absolute atomic E-state index is 10.5. The number of carbonyl (C=O) groups is 1. The van der Waals surface area contributed by atoms with Crippen LogP contribution in [0.2, 0.25) is 0 Å². The average molecular weight is 258 g/mol. The van der Waals surface area contributed by atoms with Crippen molar-refractivity contribution in [3.63, 3.8) is 0 Å². The molecule has 1 rings (SSSR count). The van der Waals surface area contributed by atoms with Crippen molar-refractivity contribution >= 4 is 11.5 Å². The van der Waals surface area contributed by atoms with Crippen molar-refractivity contribution in [2.75, 3.05) is 7.11 Å². The normalized spacial score (nSPS) is 12.8. The van der Waals surface area contributed by atoms with E-state index in [0.29, 0.717) is 5.57 Å². The molecule has 3 heteroatoms. The fourth-order valence-electron chi connectivity index (χ4n) is 1.54. The maximum atomic E-state index is 10.5. The average Bonchev–Trinajstić information content (AvgIpc) is 2.37. The largest absolute Gasteiger partial charge is 0.497 e. The van der Waals surface area contributed by atoms with Gasteiger partial charge in [-0.25, -0.2) is 4.79 Å². The summed E-state index contributed by atoms with van der Waals surface area (Å²) >= 11 is 0. The molecule has 19 heavy (non-hydrogen) atoms. The molecule has 0 radical (unpaired) electrons. The van der Waals surface area contributed by atoms with Gasteiger partial charge in [-0.1, -0.05) is 30.4 Å². The molecular weight excluding hydrogens is 240 g/mol. The summed E-state index contributed by atoms with van der Waals surface area (Å²) in [5, 5.41) is 8.58. The Balaban J connectivity index is 2.76. The van der Waals surface area contributed by atoms with Crippen molar-refractivity contribution in [1.82, 2.24) is 0 Å². The van der Waals surface area contributed by atoms with Crippen LogP contribution in [0, 0.1) is 0 Å². The molecule has 0 aliphatic carbocycles. The summed E-state index contributed by atoms with van der Waals surface area (Å²) in [6.45, 7) is 3.75. The number of hydrogen-bond acceptors (Lipinski definition) is 2. The zero-order valence-corrected chi connectivity index (χ0v) is 11.4. The zero-order chi connectivity index (χ0) is 14.3. The first kappa shape index (κ1) is 14.8. The SMILES string of the molecule is COc1ccc(/C(C)=C/C=C/C(C)=CC(=O)O)cc1. The van der Waals surface area contributed by atoms with Gasteiger partial charge in [0, 0.05) is 6.08 Å². The fraction of sp³-hybridized carbons (Fsp3) is 0.188. The van der Waals surface area contributed by atoms with Crippen LogP contribution in [-0.4, -0.2) is 18.2 Å². The molecule has 0 amide bonds. The monoisotopic (exact) mass is 258 g/mol. The van der Waals surface area contributed by atoms with Crippen LogP contribution in [0.1, 0.15) is 19.4 Å². The third-order valence-corrected chi connectivity index (χ3v) is 2.60. The summed E-state index contributed by atoms with van der Waals surface area (Å²) in [5.74, 6) is -0.106. The Labute approximate surface area is 113 Å². The van der Waals surface area contributed by atoms with Gasteiger partial charge >= 0.3 is 5.97 Å². The van der Waals surface area contributed by atoms with Crippen molar-refractivity contribution in [2.45, 2.75) is 13.8 Å². The first-order valence-electron chi connectivity index (χ1n) is 5.93. The Kier molecular flexibility index (Phi) is 5.61. The second-order valence-corrected chi connectivity index (χ2v) is 4.16. The third kappa shape index (κ3) is 5.25. The van der Waals surface area contributed by atoms with Crippen LogP contribution < -0.4 is 4.74 Å². The van der Waals surface area contributed by atoms with Crippen molar-refractivity contribution in [3.8, 4) is 5.75 Å². The molecule has 0 aromatic heterocycles. The molecule has 0 saturated heterocycles. The number of carboxylic acid groups (broad SMARTS) is 1. The molecule has 1 aromatic rings. The Morgan fingerprint density at radius 3 is 2.37 bits per heavy atom. The molecule has 0 unspecified atom stereocenters. The summed E-state index contributed by atoms with van der Waals surface area (Å²) in [7, 11) is 1.64. The number of hydrogen-bond donors (Lipinski definition) is 1. The van der Waals surface area contributed by atoms with E-state index < -0.39 is 5.97 Å². The van der Waals surface area contributed by atoms with E-state index in [4.69, 9.17) is 9.84 Å². The number of allylic oxidation sites excluding steroid dienone is 5. The van der Waals surface area contributed by atoms with Gasteiger partial charge in [0.25, 0.3) is 0 Å². The van der Waals surface area contributed by atoms with Crippen LogP contribution in [-0.2, 0) is 4.79 Å². The van der Waals surface area contributed by atoms with Crippen LogP contribution in [0.25, 0.3) is 5.57 Å². The Morgan fingerprint density at radius 1 is 1.21 bits per heavy atom. The van der Waals surface area contributed by atoms with Gasteiger partial charge in [0.2, 0.25) is 0 Å². The number of methoxy groups -OCH3 is 1. The number of benzene rings is 1. The molecule has 0 aliphatic rings. The summed E-state index contributed by atoms with van der Waals surface area (Å²) in [6, 6.07) is 7.79. The summed E-state index contributed by atoms with van der Waals surface area (Å²) in [5.41, 5.74) is 2.90. The molecule has 0 fully saturated rings. The van der Waals surface area contributed by atoms with E-state index in [1.807, 2.05) is 43.3 Å². The molecule has 0 atom stereocenters. The van der Waals surface area contributed by atoms with E-state index in [2.05, 4.69) is 0 Å². The number of ether oxygens (including phenoxy) is 1. The highest BCUT2D eigenvalue weighted by Crippen LogP contribution is 2.18. The van der Waals surface area contributed by atoms with E-state index in [1.54, 1.807) is 20.1 Å². The van der Waals surface area contributed by atoms with E-state index in [9.17, 15) is 4.79 Å². The lowest BCUT2D eigenvalue weighted by atomic mass is 10.1. The van der Waals surface area contributed by atoms with E-state index >= 15 is 0 Å². The molecule has 0 spiro atoms. The van der Waals surface area contributed by atoms with Gasteiger partial charge in [-0.2, -0.15) is 0 Å². The molecule has 100 valence electrons. The molecule has 0 heterocycles. The molecule has 3 nitrogen and oxygen atoms in total. The van der Waals surface area contributed by atoms with Crippen LogP contribution in [0.3, 0.4) is 0 Å². The number of carboxylic acids is 1. The lowest BCUT2D eigenvalue weighted by Crippen LogP contribution is -1.87. The van der Waals surface area contributed by atoms with Crippen LogP contribution in [0.4, 0.5) is 0 Å². The zero-order valence-electron chi connectivity index (χ0n) is 11.4. The highest BCUT2D eigenvalue weighted by atomic mass is 16.5. The van der Waals surface area contributed by atoms with E-state index in [1.165, 1.54) is 6.08 Å². The van der Waals surface area contributed by atoms with Gasteiger partial charge in [0.05, 0.1) is 7.11 Å². The smallest absolute Gasteiger partial charge is 0.328 e. The fourth-order valence-corrected chi connectivity index (χ4v) is 1.54. The van der Waals surface area contributed by atoms with Gasteiger partial charge in [-0.3, -0.25) is 0 Å². The number of rotatable bonds is 5. The lowest BCUT2D eigenvalue weighted by molar-refractivity contribution is -0.131. The van der Waals surface area contributed by atoms with Gasteiger partial charge in [-0.15, -0.1) is 0 Å². The minimum atomic E-state index is -0.932. The predicted octanol–water partition coefficient (Wildman–Crippen LogP) is 3.69. The second kappa shape index (κ2) is 7.21. The lowest BCUT2D eigenvalue weighted by Gasteiger charge is -2.02. The topological polar surface area (TPSA) is 46.5 Å². The third-order valence-electron chi connectivity index (χ3n) is 2.60. The van der Waals surface area contributed by atoms with Crippen molar-refractivity contribution in [3.05, 3.63) is 59.7 Å². The van der Waals surface area contributed by atoms with Gasteiger partial charge in [-0.05, 0) is 42.7 Å². The van der Waals surface area contributed by atoms with E-state index in [-0.39, 0.29) is 0 Å². The van der Waals surface area contributed by atoms with Gasteiger partial charge in [0.1, 0.15) is 5.75 Å². The molecule has 1 N–H and O–H groups in total. The maximum Gasteiger partial charge on any atom is 0.328 e. The summed E-state index contributed by atoms with van der Waals surface area (Å²) < 4.78 is 5.10. The van der Waals surface area contributed by atoms with Crippen LogP contribution >= 0.6 is 0 Å². The first-order chi connectivity index (χ1) is 9.02. The van der Waals surface area contributed by atoms with Gasteiger partial charge < -0.3 is 9.84 Å². The molecular formula is C16H18O3. The summed E-state index contributed by atoms with van der Waals surface area (Å²) in [6.07, 6.45) is 6.73. The minimum absolute atomic E-state index is 0.700. The van der Waals surface area contributed by atoms with E-state index in [0.717, 1.165) is 16.9 Å². The van der Waals surface area contributed by atoms with Crippen molar-refractivity contribution in [1.29, 1.82) is 0 Å². The molecule has 1 aromatic carbocycles. The highest BCUT2D eigenvalue weighted by molar-refractivity contribution is 5.81. The molecule has 0 aliphatic heterocycles. The Bertz CT molecular complexity index is 519. The van der Waals surface area contributed by atoms with Gasteiger partial charge in [0.15, 0.2) is 0 Å². The quantitative estimate of drug-likeness (QED) is 0.647. The molecule has 0 bridgehead atoms. The van der Waals surface area contributed by atoms with Crippen molar-refractivity contribution in [2.24, 2.45) is 0 Å². The van der Waals surface area contributed by atoms with Crippen molar-refractivity contribution < 1.29 is 14.6 Å². The Morgan fingerprint density at radius 2 is 1.84 bits per heavy atom. The summed E-state index contributed by atoms with van der Waals surface area (Å²) in [4.78, 5) is 10.5. The molecule has 0 saturated carbocycles. The first-order valence-corrected chi connectivity index (χ1v) is 5.93. The standard InChI is InChI=1S/C16H18O3/c1-12(11-16(17)18)5-4-6-13(2)14-7-9-15(19-3)10-8-14/h4-11H,1-3H3,(H,17,18)/b5-4+,12-11?,13-6+. The number of aliphatic carboxylic acids is 1. The second-order valence-electron chi connectivity index (χ2n) is 4.16. The Hall–Kier alpha value is -2.29. The van der Waals surface area contributed by atoms with Crippen LogP contribution in [0.5, 0.6) is 5.75 Å².